The van der Waals surface area contributed by atoms with Crippen molar-refractivity contribution in [1.82, 2.24) is 5.32 Å². The van der Waals surface area contributed by atoms with Crippen molar-refractivity contribution in [2.45, 2.75) is 56.4 Å². The Morgan fingerprint density at radius 3 is 2.48 bits per heavy atom. The van der Waals surface area contributed by atoms with Crippen LogP contribution in [0.15, 0.2) is 24.3 Å². The molecule has 5 heteroatoms. The van der Waals surface area contributed by atoms with Gasteiger partial charge in [-0.1, -0.05) is 31.0 Å². The SMILES string of the molecule is O=C(O)[C@@H]1CC[C@H](NC(=O)C2(c3ccccc3F)CCCC2)C1. The quantitative estimate of drug-likeness (QED) is 0.896. The van der Waals surface area contributed by atoms with E-state index in [2.05, 4.69) is 5.32 Å². The second-order valence-corrected chi connectivity index (χ2v) is 6.79. The first-order chi connectivity index (χ1) is 11.0. The first kappa shape index (κ1) is 16.0. The number of carboxylic acids is 1. The van der Waals surface area contributed by atoms with Gasteiger partial charge in [0.1, 0.15) is 5.82 Å². The number of rotatable bonds is 4. The Kier molecular flexibility index (Phi) is 4.37. The molecule has 0 aromatic heterocycles. The molecule has 0 bridgehead atoms. The van der Waals surface area contributed by atoms with E-state index in [0.717, 1.165) is 12.8 Å². The molecule has 2 aliphatic rings. The van der Waals surface area contributed by atoms with Crippen LogP contribution in [0, 0.1) is 11.7 Å². The standard InChI is InChI=1S/C18H22FNO3/c19-15-6-2-1-5-14(15)18(9-3-4-10-18)17(23)20-13-8-7-12(11-13)16(21)22/h1-2,5-6,12-13H,3-4,7-11H2,(H,20,23)(H,21,22)/t12-,13+/m1/s1. The van der Waals surface area contributed by atoms with Crippen molar-refractivity contribution in [2.24, 2.45) is 5.92 Å². The molecular formula is C18H22FNO3. The maximum Gasteiger partial charge on any atom is 0.306 e. The molecule has 0 heterocycles. The fourth-order valence-electron chi connectivity index (χ4n) is 4.11. The zero-order valence-electron chi connectivity index (χ0n) is 13.1. The fraction of sp³-hybridized carbons (Fsp3) is 0.556. The molecule has 0 radical (unpaired) electrons. The Morgan fingerprint density at radius 2 is 1.87 bits per heavy atom. The monoisotopic (exact) mass is 319 g/mol. The lowest BCUT2D eigenvalue weighted by molar-refractivity contribution is -0.141. The molecule has 0 aliphatic heterocycles. The number of carbonyl (C=O) groups is 2. The van der Waals surface area contributed by atoms with Crippen LogP contribution < -0.4 is 5.32 Å². The number of hydrogen-bond acceptors (Lipinski definition) is 2. The maximum atomic E-state index is 14.3. The summed E-state index contributed by atoms with van der Waals surface area (Å²) in [6.45, 7) is 0. The van der Waals surface area contributed by atoms with Crippen molar-refractivity contribution in [3.05, 3.63) is 35.6 Å². The molecule has 23 heavy (non-hydrogen) atoms. The molecule has 0 unspecified atom stereocenters. The second-order valence-electron chi connectivity index (χ2n) is 6.79. The molecule has 1 amide bonds. The van der Waals surface area contributed by atoms with Crippen molar-refractivity contribution in [1.29, 1.82) is 0 Å². The molecule has 4 nitrogen and oxygen atoms in total. The molecule has 2 fully saturated rings. The van der Waals surface area contributed by atoms with Gasteiger partial charge < -0.3 is 10.4 Å². The topological polar surface area (TPSA) is 66.4 Å². The van der Waals surface area contributed by atoms with Crippen LogP contribution in [0.4, 0.5) is 4.39 Å². The van der Waals surface area contributed by atoms with E-state index < -0.39 is 11.4 Å². The van der Waals surface area contributed by atoms with E-state index in [1.807, 2.05) is 0 Å². The highest BCUT2D eigenvalue weighted by Crippen LogP contribution is 2.42. The van der Waals surface area contributed by atoms with Crippen molar-refractivity contribution in [3.8, 4) is 0 Å². The molecule has 1 aromatic rings. The van der Waals surface area contributed by atoms with Gasteiger partial charge in [-0.05, 0) is 38.2 Å². The third-order valence-electron chi connectivity index (χ3n) is 5.40. The largest absolute Gasteiger partial charge is 0.481 e. The van der Waals surface area contributed by atoms with Crippen LogP contribution >= 0.6 is 0 Å². The number of carbonyl (C=O) groups excluding carboxylic acids is 1. The molecular weight excluding hydrogens is 297 g/mol. The summed E-state index contributed by atoms with van der Waals surface area (Å²) in [5.74, 6) is -1.66. The van der Waals surface area contributed by atoms with Crippen LogP contribution in [-0.4, -0.2) is 23.0 Å². The van der Waals surface area contributed by atoms with Crippen LogP contribution in [0.25, 0.3) is 0 Å². The summed E-state index contributed by atoms with van der Waals surface area (Å²) in [7, 11) is 0. The van der Waals surface area contributed by atoms with Crippen molar-refractivity contribution in [3.63, 3.8) is 0 Å². The minimum atomic E-state index is -0.800. The molecule has 3 rings (SSSR count). The van der Waals surface area contributed by atoms with Gasteiger partial charge in [-0.15, -0.1) is 0 Å². The van der Waals surface area contributed by atoms with Gasteiger partial charge in [0.15, 0.2) is 0 Å². The lowest BCUT2D eigenvalue weighted by atomic mass is 9.77. The summed E-state index contributed by atoms with van der Waals surface area (Å²) in [4.78, 5) is 24.0. The van der Waals surface area contributed by atoms with E-state index >= 15 is 0 Å². The Balaban J connectivity index is 1.78. The lowest BCUT2D eigenvalue weighted by Gasteiger charge is -2.30. The predicted molar refractivity (Wildman–Crippen MR) is 83.5 cm³/mol. The van der Waals surface area contributed by atoms with Gasteiger partial charge in [-0.3, -0.25) is 9.59 Å². The summed E-state index contributed by atoms with van der Waals surface area (Å²) in [5.41, 5.74) is -0.324. The van der Waals surface area contributed by atoms with Crippen molar-refractivity contribution >= 4 is 11.9 Å². The van der Waals surface area contributed by atoms with Gasteiger partial charge in [0.2, 0.25) is 5.91 Å². The average Bonchev–Trinajstić information content (AvgIpc) is 3.17. The predicted octanol–water partition coefficient (Wildman–Crippen LogP) is 3.01. The highest BCUT2D eigenvalue weighted by Gasteiger charge is 2.45. The van der Waals surface area contributed by atoms with Gasteiger partial charge in [0, 0.05) is 11.6 Å². The zero-order chi connectivity index (χ0) is 16.4. The van der Waals surface area contributed by atoms with Crippen LogP contribution in [0.1, 0.15) is 50.5 Å². The molecule has 124 valence electrons. The summed E-state index contributed by atoms with van der Waals surface area (Å²) >= 11 is 0. The summed E-state index contributed by atoms with van der Waals surface area (Å²) in [6, 6.07) is 6.39. The third-order valence-corrected chi connectivity index (χ3v) is 5.40. The van der Waals surface area contributed by atoms with Crippen LogP contribution in [-0.2, 0) is 15.0 Å². The second kappa shape index (κ2) is 6.30. The van der Waals surface area contributed by atoms with Crippen molar-refractivity contribution in [2.75, 3.05) is 0 Å². The Labute approximate surface area is 135 Å². The first-order valence-corrected chi connectivity index (χ1v) is 8.32. The maximum absolute atomic E-state index is 14.3. The summed E-state index contributed by atoms with van der Waals surface area (Å²) in [5, 5.41) is 12.1. The van der Waals surface area contributed by atoms with E-state index in [1.165, 1.54) is 6.07 Å². The van der Waals surface area contributed by atoms with Gasteiger partial charge in [0.05, 0.1) is 11.3 Å². The van der Waals surface area contributed by atoms with E-state index in [4.69, 9.17) is 5.11 Å². The number of benzene rings is 1. The number of carboxylic acid groups (broad SMARTS) is 1. The lowest BCUT2D eigenvalue weighted by Crippen LogP contribution is -2.46. The number of halogens is 1. The van der Waals surface area contributed by atoms with Gasteiger partial charge in [0.25, 0.3) is 0 Å². The Bertz CT molecular complexity index is 610. The number of amides is 1. The molecule has 2 atom stereocenters. The van der Waals surface area contributed by atoms with Gasteiger partial charge in [-0.2, -0.15) is 0 Å². The number of nitrogens with one attached hydrogen (secondary N) is 1. The van der Waals surface area contributed by atoms with E-state index in [-0.39, 0.29) is 23.7 Å². The number of aliphatic carboxylic acids is 1. The highest BCUT2D eigenvalue weighted by molar-refractivity contribution is 5.89. The minimum Gasteiger partial charge on any atom is -0.481 e. The minimum absolute atomic E-state index is 0.118. The fourth-order valence-corrected chi connectivity index (χ4v) is 4.11. The summed E-state index contributed by atoms with van der Waals surface area (Å²) in [6.07, 6.45) is 4.84. The Morgan fingerprint density at radius 1 is 1.17 bits per heavy atom. The first-order valence-electron chi connectivity index (χ1n) is 8.32. The van der Waals surface area contributed by atoms with Crippen LogP contribution in [0.5, 0.6) is 0 Å². The van der Waals surface area contributed by atoms with Crippen LogP contribution in [0.2, 0.25) is 0 Å². The molecule has 2 saturated carbocycles. The molecule has 1 aromatic carbocycles. The Hall–Kier alpha value is -1.91. The number of hydrogen-bond donors (Lipinski definition) is 2. The van der Waals surface area contributed by atoms with Crippen molar-refractivity contribution < 1.29 is 19.1 Å². The average molecular weight is 319 g/mol. The molecule has 0 spiro atoms. The highest BCUT2D eigenvalue weighted by atomic mass is 19.1. The normalized spacial score (nSPS) is 26.1. The summed E-state index contributed by atoms with van der Waals surface area (Å²) < 4.78 is 14.3. The third kappa shape index (κ3) is 2.96. The molecule has 0 saturated heterocycles. The van der Waals surface area contributed by atoms with E-state index in [1.54, 1.807) is 18.2 Å². The molecule has 2 N–H and O–H groups in total. The van der Waals surface area contributed by atoms with Gasteiger partial charge >= 0.3 is 5.97 Å². The van der Waals surface area contributed by atoms with Gasteiger partial charge in [-0.25, -0.2) is 4.39 Å². The van der Waals surface area contributed by atoms with E-state index in [9.17, 15) is 14.0 Å². The van der Waals surface area contributed by atoms with E-state index in [0.29, 0.717) is 37.7 Å². The zero-order valence-corrected chi connectivity index (χ0v) is 13.1. The van der Waals surface area contributed by atoms with Crippen LogP contribution in [0.3, 0.4) is 0 Å². The smallest absolute Gasteiger partial charge is 0.306 e. The molecule has 2 aliphatic carbocycles.